The van der Waals surface area contributed by atoms with E-state index in [-0.39, 0.29) is 51.0 Å². The van der Waals surface area contributed by atoms with Crippen molar-refractivity contribution in [2.24, 2.45) is 5.16 Å². The Bertz CT molecular complexity index is 1620. The minimum absolute atomic E-state index is 0.112. The van der Waals surface area contributed by atoms with Crippen LogP contribution in [-0.2, 0) is 24.0 Å². The highest BCUT2D eigenvalue weighted by atomic mass is 32.2. The molecule has 2 aromatic rings. The number of hydrogen-bond donors (Lipinski definition) is 4. The van der Waals surface area contributed by atoms with Crippen LogP contribution in [-0.4, -0.2) is 129 Å². The van der Waals surface area contributed by atoms with Gasteiger partial charge < -0.3 is 45.0 Å². The Morgan fingerprint density at radius 2 is 1.98 bits per heavy atom. The summed E-state index contributed by atoms with van der Waals surface area (Å²) in [5, 5.41) is 41.3. The number of aliphatic carboxylic acids is 1. The second-order valence-electron chi connectivity index (χ2n) is 10.7. The number of thiazole rings is 1. The second-order valence-corrected chi connectivity index (χ2v) is 12.7. The summed E-state index contributed by atoms with van der Waals surface area (Å²) in [6, 6.07) is 2.85. The number of likely N-dealkylation sites (N-methyl/N-ethyl adjacent to an activating group) is 1. The average Bonchev–Trinajstić information content (AvgIpc) is 3.47. The molecule has 16 nitrogen and oxygen atoms in total. The first kappa shape index (κ1) is 31.7. The number of benzene rings is 1. The molecule has 4 heterocycles. The van der Waals surface area contributed by atoms with E-state index in [1.807, 2.05) is 7.05 Å². The van der Waals surface area contributed by atoms with Crippen molar-refractivity contribution in [2.45, 2.75) is 11.4 Å². The maximum atomic E-state index is 13.2. The summed E-state index contributed by atoms with van der Waals surface area (Å²) in [5.74, 6) is -3.62. The van der Waals surface area contributed by atoms with Gasteiger partial charge in [0.25, 0.3) is 17.7 Å². The maximum absolute atomic E-state index is 13.2. The largest absolute Gasteiger partial charge is 0.543 e. The molecular weight excluding hydrogens is 630 g/mol. The van der Waals surface area contributed by atoms with Crippen molar-refractivity contribution in [3.63, 3.8) is 0 Å². The number of aromatic nitrogens is 1. The number of amides is 4. The Hall–Kier alpha value is -4.68. The van der Waals surface area contributed by atoms with Crippen LogP contribution in [0.15, 0.2) is 40.0 Å². The third-order valence-electron chi connectivity index (χ3n) is 7.76. The lowest BCUT2D eigenvalue weighted by molar-refractivity contribution is -0.908. The van der Waals surface area contributed by atoms with Crippen molar-refractivity contribution in [2.75, 3.05) is 58.0 Å². The van der Waals surface area contributed by atoms with E-state index in [4.69, 9.17) is 4.84 Å². The molecule has 1 aromatic heterocycles. The number of aromatic hydroxyl groups is 2. The molecule has 3 aliphatic rings. The summed E-state index contributed by atoms with van der Waals surface area (Å²) in [6.45, 7) is 2.05. The molecule has 1 aromatic carbocycles. The highest BCUT2D eigenvalue weighted by Crippen LogP contribution is 2.41. The van der Waals surface area contributed by atoms with Crippen LogP contribution in [0.2, 0.25) is 0 Å². The first-order valence-electron chi connectivity index (χ1n) is 13.6. The number of thioether (sulfide) groups is 1. The molecule has 18 heteroatoms. The van der Waals surface area contributed by atoms with Gasteiger partial charge in [0, 0.05) is 22.3 Å². The van der Waals surface area contributed by atoms with E-state index in [0.717, 1.165) is 16.2 Å². The van der Waals surface area contributed by atoms with Gasteiger partial charge in [-0.25, -0.2) is 4.98 Å². The Labute approximate surface area is 264 Å². The van der Waals surface area contributed by atoms with Gasteiger partial charge in [-0.2, -0.15) is 0 Å². The normalized spacial score (nSPS) is 21.0. The molecule has 3 aliphatic heterocycles. The number of nitrogens with one attached hydrogen (secondary N) is 2. The number of carboxylic acid groups (broad SMARTS) is 1. The van der Waals surface area contributed by atoms with Gasteiger partial charge in [-0.1, -0.05) is 5.16 Å². The first-order valence-corrected chi connectivity index (χ1v) is 15.5. The first-order chi connectivity index (χ1) is 21.5. The SMILES string of the molecule is CON=C(C(=O)N[C@@H]1C(=O)N2C(C(=O)[O-])=C(C[N+]3(C)CCN(C(=O)c4ccc(O)c(O)c4)CC3)CS[C@H]12)c1csc(NC=O)n1. The van der Waals surface area contributed by atoms with Gasteiger partial charge in [0.1, 0.15) is 30.8 Å². The third kappa shape index (κ3) is 6.29. The van der Waals surface area contributed by atoms with Crippen molar-refractivity contribution in [3.8, 4) is 11.5 Å². The van der Waals surface area contributed by atoms with Crippen LogP contribution in [0, 0.1) is 0 Å². The Kier molecular flexibility index (Phi) is 8.98. The van der Waals surface area contributed by atoms with Crippen LogP contribution < -0.4 is 15.7 Å². The molecule has 0 aliphatic carbocycles. The van der Waals surface area contributed by atoms with Crippen molar-refractivity contribution in [1.29, 1.82) is 0 Å². The third-order valence-corrected chi connectivity index (χ3v) is 9.87. The number of β-lactam (4-membered cyclic amide) rings is 1. The number of quaternary nitrogens is 1. The van der Waals surface area contributed by atoms with Crippen LogP contribution >= 0.6 is 23.1 Å². The number of phenolic OH excluding ortho intramolecular Hbond substituents is 2. The molecule has 0 saturated carbocycles. The molecule has 45 heavy (non-hydrogen) atoms. The second kappa shape index (κ2) is 12.7. The number of anilines is 1. The van der Waals surface area contributed by atoms with E-state index in [9.17, 15) is 39.3 Å². The zero-order chi connectivity index (χ0) is 32.5. The smallest absolute Gasteiger partial charge is 0.276 e. The van der Waals surface area contributed by atoms with Gasteiger partial charge in [0.05, 0.1) is 44.9 Å². The maximum Gasteiger partial charge on any atom is 0.276 e. The molecule has 2 saturated heterocycles. The van der Waals surface area contributed by atoms with Crippen LogP contribution in [0.25, 0.3) is 0 Å². The van der Waals surface area contributed by atoms with Crippen molar-refractivity contribution < 1.29 is 48.6 Å². The van der Waals surface area contributed by atoms with Gasteiger partial charge in [-0.3, -0.25) is 24.1 Å². The van der Waals surface area contributed by atoms with Gasteiger partial charge in [-0.05, 0) is 18.2 Å². The zero-order valence-electron chi connectivity index (χ0n) is 24.1. The van der Waals surface area contributed by atoms with Gasteiger partial charge in [-0.15, -0.1) is 23.1 Å². The highest BCUT2D eigenvalue weighted by Gasteiger charge is 2.54. The predicted octanol–water partition coefficient (Wildman–Crippen LogP) is -1.52. The predicted molar refractivity (Wildman–Crippen MR) is 159 cm³/mol. The van der Waals surface area contributed by atoms with Crippen molar-refractivity contribution in [3.05, 3.63) is 46.1 Å². The number of carboxylic acids is 1. The lowest BCUT2D eigenvalue weighted by atomic mass is 10.0. The molecule has 2 fully saturated rings. The molecule has 2 atom stereocenters. The molecule has 0 unspecified atom stereocenters. The molecular formula is C27H29N7O9S2. The summed E-state index contributed by atoms with van der Waals surface area (Å²) >= 11 is 2.37. The molecule has 0 radical (unpaired) electrons. The number of piperazine rings is 1. The van der Waals surface area contributed by atoms with Crippen LogP contribution in [0.1, 0.15) is 16.1 Å². The van der Waals surface area contributed by atoms with Gasteiger partial charge in [0.15, 0.2) is 22.3 Å². The molecule has 238 valence electrons. The number of phenols is 2. The minimum atomic E-state index is -1.50. The van der Waals surface area contributed by atoms with E-state index in [0.29, 0.717) is 49.2 Å². The zero-order valence-corrected chi connectivity index (χ0v) is 25.7. The molecule has 5 rings (SSSR count). The number of oxime groups is 1. The van der Waals surface area contributed by atoms with Crippen LogP contribution in [0.4, 0.5) is 5.13 Å². The molecule has 4 N–H and O–H groups in total. The van der Waals surface area contributed by atoms with Crippen LogP contribution in [0.5, 0.6) is 11.5 Å². The summed E-state index contributed by atoms with van der Waals surface area (Å²) in [6.07, 6.45) is 0.435. The fraction of sp³-hybridized carbons (Fsp3) is 0.370. The average molecular weight is 660 g/mol. The number of fused-ring (bicyclic) bond motifs is 1. The van der Waals surface area contributed by atoms with E-state index < -0.39 is 29.2 Å². The molecule has 0 spiro atoms. The number of carbonyl (C=O) groups excluding carboxylic acids is 5. The number of rotatable bonds is 10. The van der Waals surface area contributed by atoms with E-state index in [1.54, 1.807) is 4.90 Å². The highest BCUT2D eigenvalue weighted by molar-refractivity contribution is 8.00. The van der Waals surface area contributed by atoms with E-state index >= 15 is 0 Å². The Morgan fingerprint density at radius 1 is 1.24 bits per heavy atom. The van der Waals surface area contributed by atoms with Gasteiger partial charge in [0.2, 0.25) is 6.41 Å². The molecule has 0 bridgehead atoms. The summed E-state index contributed by atoms with van der Waals surface area (Å²) in [4.78, 5) is 73.9. The number of hydrogen-bond acceptors (Lipinski definition) is 13. The summed E-state index contributed by atoms with van der Waals surface area (Å²) < 4.78 is 0.412. The monoisotopic (exact) mass is 659 g/mol. The minimum Gasteiger partial charge on any atom is -0.543 e. The molecule has 4 amide bonds. The fourth-order valence-electron chi connectivity index (χ4n) is 5.41. The van der Waals surface area contributed by atoms with E-state index in [1.165, 1.54) is 42.5 Å². The van der Waals surface area contributed by atoms with E-state index in [2.05, 4.69) is 20.8 Å². The lowest BCUT2D eigenvalue weighted by Gasteiger charge is -2.51. The van der Waals surface area contributed by atoms with Crippen LogP contribution in [0.3, 0.4) is 0 Å². The number of carbonyl (C=O) groups is 5. The fourth-order valence-corrected chi connectivity index (χ4v) is 7.40. The Balaban J connectivity index is 1.25. The van der Waals surface area contributed by atoms with Crippen molar-refractivity contribution in [1.82, 2.24) is 20.1 Å². The quantitative estimate of drug-likeness (QED) is 0.0574. The van der Waals surface area contributed by atoms with Crippen molar-refractivity contribution >= 4 is 64.0 Å². The lowest BCUT2D eigenvalue weighted by Crippen LogP contribution is -2.72. The standard InChI is InChI=1S/C27H29N7O9S2/c1-34(7-5-32(6-8-34)23(39)14-3-4-17(36)18(37)9-14)10-15-11-44-25-20(24(40)33(25)21(15)26(41)42)30-22(38)19(31-43-2)16-12-45-27(29-16)28-13-35/h3-4,9,12-13,20,25H,5-8,10-11H2,1-2H3,(H4-,28,29,30,31,35,36,37,38,39,41,42)/t20-,25-/m1/s1. The van der Waals surface area contributed by atoms with Gasteiger partial charge >= 0.3 is 0 Å². The summed E-state index contributed by atoms with van der Waals surface area (Å²) in [7, 11) is 3.18. The number of nitrogens with zero attached hydrogens (tertiary/aromatic N) is 5. The topological polar surface area (TPSA) is 214 Å². The Morgan fingerprint density at radius 3 is 2.62 bits per heavy atom. The summed E-state index contributed by atoms with van der Waals surface area (Å²) in [5.41, 5.74) is 0.415.